The van der Waals surface area contributed by atoms with Gasteiger partial charge in [-0.05, 0) is 31.0 Å². The Balaban J connectivity index is 2.11. The van der Waals surface area contributed by atoms with Crippen LogP contribution in [-0.2, 0) is 10.2 Å². The van der Waals surface area contributed by atoms with Gasteiger partial charge in [-0.3, -0.25) is 4.79 Å². The Morgan fingerprint density at radius 3 is 2.80 bits per heavy atom. The number of fused-ring (bicyclic) bond motifs is 1. The molecule has 78 valence electrons. The smallest absolute Gasteiger partial charge is 0.234 e. The van der Waals surface area contributed by atoms with Crippen molar-refractivity contribution in [2.24, 2.45) is 0 Å². The molecule has 2 aliphatic rings. The van der Waals surface area contributed by atoms with Crippen molar-refractivity contribution < 1.29 is 4.79 Å². The second kappa shape index (κ2) is 2.61. The third kappa shape index (κ3) is 1.20. The third-order valence-corrected chi connectivity index (χ3v) is 3.34. The number of hydrogen-bond acceptors (Lipinski definition) is 2. The number of benzene rings is 1. The van der Waals surface area contributed by atoms with Gasteiger partial charge in [0.1, 0.15) is 0 Å². The Labute approximate surface area is 88.9 Å². The van der Waals surface area contributed by atoms with E-state index >= 15 is 0 Å². The summed E-state index contributed by atoms with van der Waals surface area (Å²) in [5, 5.41) is 6.19. The zero-order chi connectivity index (χ0) is 10.6. The van der Waals surface area contributed by atoms with Crippen LogP contribution in [0.5, 0.6) is 0 Å². The highest BCUT2D eigenvalue weighted by molar-refractivity contribution is 6.05. The molecule has 3 rings (SSSR count). The van der Waals surface area contributed by atoms with Gasteiger partial charge in [0, 0.05) is 18.3 Å². The summed E-state index contributed by atoms with van der Waals surface area (Å²) in [4.78, 5) is 11.7. The number of nitrogens with one attached hydrogen (secondary N) is 2. The molecule has 0 bridgehead atoms. The normalized spacial score (nSPS) is 26.0. The van der Waals surface area contributed by atoms with E-state index < -0.39 is 0 Å². The zero-order valence-corrected chi connectivity index (χ0v) is 8.92. The van der Waals surface area contributed by atoms with Gasteiger partial charge in [0.25, 0.3) is 0 Å². The molecule has 2 N–H and O–H groups in total. The molecule has 1 atom stereocenters. The molecule has 1 amide bonds. The van der Waals surface area contributed by atoms with Crippen LogP contribution in [0.2, 0.25) is 0 Å². The highest BCUT2D eigenvalue weighted by Gasteiger charge is 2.39. The van der Waals surface area contributed by atoms with Crippen LogP contribution in [0.15, 0.2) is 18.2 Å². The molecule has 1 fully saturated rings. The van der Waals surface area contributed by atoms with Crippen LogP contribution < -0.4 is 10.6 Å². The van der Waals surface area contributed by atoms with Gasteiger partial charge in [-0.2, -0.15) is 0 Å². The number of anilines is 1. The Morgan fingerprint density at radius 1 is 1.40 bits per heavy atom. The first-order valence-corrected chi connectivity index (χ1v) is 5.28. The number of amides is 1. The summed E-state index contributed by atoms with van der Waals surface area (Å²) in [6.07, 6.45) is 0. The molecule has 1 aromatic carbocycles. The lowest BCUT2D eigenvalue weighted by Gasteiger charge is -2.15. The van der Waals surface area contributed by atoms with Gasteiger partial charge in [0.05, 0.1) is 5.41 Å². The average Bonchev–Trinajstić information content (AvgIpc) is 2.98. The summed E-state index contributed by atoms with van der Waals surface area (Å²) in [5.41, 5.74) is 2.99. The first kappa shape index (κ1) is 8.92. The minimum atomic E-state index is -0.389. The first-order valence-electron chi connectivity index (χ1n) is 5.28. The molecule has 3 heteroatoms. The Hall–Kier alpha value is -1.35. The standard InChI is InChI=1S/C12H14N2O/c1-12(2)8-5-7(10-6-13-10)3-4-9(8)14-11(12)15/h3-5,10,13H,6H2,1-2H3,(H,14,15). The fraction of sp³-hybridized carbons (Fsp3) is 0.417. The topological polar surface area (TPSA) is 51.0 Å². The predicted molar refractivity (Wildman–Crippen MR) is 58.8 cm³/mol. The van der Waals surface area contributed by atoms with Gasteiger partial charge in [-0.15, -0.1) is 0 Å². The van der Waals surface area contributed by atoms with Crippen molar-refractivity contribution in [3.8, 4) is 0 Å². The van der Waals surface area contributed by atoms with Gasteiger partial charge in [-0.25, -0.2) is 0 Å². The molecule has 1 aromatic rings. The molecular formula is C12H14N2O. The van der Waals surface area contributed by atoms with Crippen molar-refractivity contribution in [1.82, 2.24) is 5.32 Å². The fourth-order valence-electron chi connectivity index (χ4n) is 2.10. The van der Waals surface area contributed by atoms with Gasteiger partial charge in [-0.1, -0.05) is 12.1 Å². The Morgan fingerprint density at radius 2 is 2.13 bits per heavy atom. The molecule has 0 aromatic heterocycles. The third-order valence-electron chi connectivity index (χ3n) is 3.34. The van der Waals surface area contributed by atoms with Crippen LogP contribution in [0, 0.1) is 0 Å². The highest BCUT2D eigenvalue weighted by atomic mass is 16.2. The van der Waals surface area contributed by atoms with Crippen molar-refractivity contribution in [3.63, 3.8) is 0 Å². The van der Waals surface area contributed by atoms with Crippen molar-refractivity contribution in [2.75, 3.05) is 11.9 Å². The van der Waals surface area contributed by atoms with E-state index in [2.05, 4.69) is 22.8 Å². The molecule has 0 saturated carbocycles. The Kier molecular flexibility index (Phi) is 1.55. The number of carbonyl (C=O) groups is 1. The fourth-order valence-corrected chi connectivity index (χ4v) is 2.10. The van der Waals surface area contributed by atoms with Crippen LogP contribution >= 0.6 is 0 Å². The quantitative estimate of drug-likeness (QED) is 0.679. The van der Waals surface area contributed by atoms with E-state index in [1.54, 1.807) is 0 Å². The monoisotopic (exact) mass is 202 g/mol. The van der Waals surface area contributed by atoms with E-state index in [1.165, 1.54) is 5.56 Å². The summed E-state index contributed by atoms with van der Waals surface area (Å²) in [7, 11) is 0. The van der Waals surface area contributed by atoms with E-state index in [9.17, 15) is 4.79 Å². The van der Waals surface area contributed by atoms with E-state index in [-0.39, 0.29) is 11.3 Å². The predicted octanol–water partition coefficient (Wildman–Crippen LogP) is 1.56. The van der Waals surface area contributed by atoms with Gasteiger partial charge >= 0.3 is 0 Å². The van der Waals surface area contributed by atoms with Crippen LogP contribution in [0.1, 0.15) is 31.0 Å². The summed E-state index contributed by atoms with van der Waals surface area (Å²) in [6, 6.07) is 6.75. The average molecular weight is 202 g/mol. The number of rotatable bonds is 1. The van der Waals surface area contributed by atoms with Gasteiger partial charge in [0.15, 0.2) is 0 Å². The van der Waals surface area contributed by atoms with Crippen molar-refractivity contribution >= 4 is 11.6 Å². The van der Waals surface area contributed by atoms with Crippen molar-refractivity contribution in [3.05, 3.63) is 29.3 Å². The molecule has 0 radical (unpaired) electrons. The summed E-state index contributed by atoms with van der Waals surface area (Å²) < 4.78 is 0. The minimum absolute atomic E-state index is 0.0957. The minimum Gasteiger partial charge on any atom is -0.325 e. The molecule has 1 saturated heterocycles. The number of hydrogen-bond donors (Lipinski definition) is 2. The van der Waals surface area contributed by atoms with E-state index in [0.717, 1.165) is 17.8 Å². The first-order chi connectivity index (χ1) is 7.09. The summed E-state index contributed by atoms with van der Waals surface area (Å²) in [5.74, 6) is 0.0957. The lowest BCUT2D eigenvalue weighted by atomic mass is 9.85. The van der Waals surface area contributed by atoms with E-state index in [4.69, 9.17) is 0 Å². The van der Waals surface area contributed by atoms with Crippen LogP contribution in [0.3, 0.4) is 0 Å². The molecule has 3 nitrogen and oxygen atoms in total. The van der Waals surface area contributed by atoms with Crippen LogP contribution in [-0.4, -0.2) is 12.5 Å². The molecular weight excluding hydrogens is 188 g/mol. The van der Waals surface area contributed by atoms with E-state index in [1.807, 2.05) is 19.9 Å². The summed E-state index contributed by atoms with van der Waals surface area (Å²) >= 11 is 0. The lowest BCUT2D eigenvalue weighted by molar-refractivity contribution is -0.119. The van der Waals surface area contributed by atoms with Crippen LogP contribution in [0.25, 0.3) is 0 Å². The Bertz CT molecular complexity index is 447. The van der Waals surface area contributed by atoms with Crippen molar-refractivity contribution in [1.29, 1.82) is 0 Å². The van der Waals surface area contributed by atoms with Gasteiger partial charge in [0.2, 0.25) is 5.91 Å². The lowest BCUT2D eigenvalue weighted by Crippen LogP contribution is -2.26. The van der Waals surface area contributed by atoms with Gasteiger partial charge < -0.3 is 10.6 Å². The summed E-state index contributed by atoms with van der Waals surface area (Å²) in [6.45, 7) is 5.00. The molecule has 2 aliphatic heterocycles. The van der Waals surface area contributed by atoms with Crippen LogP contribution in [0.4, 0.5) is 5.69 Å². The maximum Gasteiger partial charge on any atom is 0.234 e. The maximum atomic E-state index is 11.7. The molecule has 0 spiro atoms. The highest BCUT2D eigenvalue weighted by Crippen LogP contribution is 2.39. The molecule has 0 aliphatic carbocycles. The second-order valence-electron chi connectivity index (χ2n) is 4.84. The number of carbonyl (C=O) groups excluding carboxylic acids is 1. The van der Waals surface area contributed by atoms with E-state index in [0.29, 0.717) is 6.04 Å². The maximum absolute atomic E-state index is 11.7. The largest absolute Gasteiger partial charge is 0.325 e. The molecule has 2 heterocycles. The SMILES string of the molecule is CC1(C)C(=O)Nc2ccc(C3CN3)cc21. The van der Waals surface area contributed by atoms with Crippen molar-refractivity contribution in [2.45, 2.75) is 25.3 Å². The molecule has 15 heavy (non-hydrogen) atoms. The zero-order valence-electron chi connectivity index (χ0n) is 8.92. The molecule has 1 unspecified atom stereocenters. The second-order valence-corrected chi connectivity index (χ2v) is 4.84.